The number of thiocarbonyl (C=S) groups is 1. The summed E-state index contributed by atoms with van der Waals surface area (Å²) in [5.41, 5.74) is 1.20. The van der Waals surface area contributed by atoms with E-state index in [0.717, 1.165) is 0 Å². The van der Waals surface area contributed by atoms with Gasteiger partial charge in [-0.15, -0.1) is 0 Å². The molecule has 2 aromatic carbocycles. The second-order valence-corrected chi connectivity index (χ2v) is 18.6. The average molecular weight is 1160 g/mol. The number of nitrogens with zero attached hydrogens (tertiary/aromatic N) is 2. The molecule has 0 radical (unpaired) electrons. The second kappa shape index (κ2) is 38.3. The fraction of sp³-hybridized carbons (Fsp3) is 0.500. The molecule has 5 amide bonds. The first-order valence-electron chi connectivity index (χ1n) is 25.4. The average Bonchev–Trinajstić information content (AvgIpc) is 3.39. The molecule has 0 aliphatic rings. The summed E-state index contributed by atoms with van der Waals surface area (Å²) in [5.74, 6) is -12.7. The Balaban J connectivity index is 2.04. The van der Waals surface area contributed by atoms with Gasteiger partial charge < -0.3 is 83.6 Å². The zero-order valence-corrected chi connectivity index (χ0v) is 45.0. The molecule has 5 atom stereocenters. The van der Waals surface area contributed by atoms with E-state index in [2.05, 4.69) is 47.9 Å². The smallest absolute Gasteiger partial charge is 0.326 e. The van der Waals surface area contributed by atoms with E-state index in [-0.39, 0.29) is 104 Å². The van der Waals surface area contributed by atoms with Gasteiger partial charge in [-0.3, -0.25) is 53.0 Å². The van der Waals surface area contributed by atoms with Crippen LogP contribution in [-0.4, -0.2) is 231 Å². The van der Waals surface area contributed by atoms with Crippen LogP contribution in [0.4, 0.5) is 0 Å². The van der Waals surface area contributed by atoms with Crippen LogP contribution >= 0.6 is 12.2 Å². The number of carboxylic acid groups (broad SMARTS) is 7. The lowest BCUT2D eigenvalue weighted by Crippen LogP contribution is -2.57. The van der Waals surface area contributed by atoms with Crippen molar-refractivity contribution in [3.05, 3.63) is 71.8 Å². The van der Waals surface area contributed by atoms with E-state index in [0.29, 0.717) is 11.1 Å². The normalized spacial score (nSPS) is 12.8. The first-order chi connectivity index (χ1) is 38.4. The minimum absolute atomic E-state index is 0.0484. The van der Waals surface area contributed by atoms with Crippen molar-refractivity contribution >= 4 is 88.7 Å². The Hall–Kier alpha value is -8.39. The third kappa shape index (κ3) is 31.7. The zero-order valence-electron chi connectivity index (χ0n) is 44.1. The molecule has 0 fully saturated rings. The summed E-state index contributed by atoms with van der Waals surface area (Å²) in [5, 5.41) is 88.0. The van der Waals surface area contributed by atoms with E-state index >= 15 is 0 Å². The molecule has 31 heteroatoms. The van der Waals surface area contributed by atoms with Gasteiger partial charge in [-0.05, 0) is 42.6 Å². The van der Waals surface area contributed by atoms with Crippen LogP contribution < -0.4 is 47.9 Å². The van der Waals surface area contributed by atoms with Crippen LogP contribution in [-0.2, 0) is 70.4 Å². The van der Waals surface area contributed by atoms with E-state index in [1.807, 2.05) is 0 Å². The van der Waals surface area contributed by atoms with Crippen LogP contribution in [0.5, 0.6) is 0 Å². The Kier molecular flexibility index (Phi) is 32.5. The lowest BCUT2D eigenvalue weighted by Gasteiger charge is -2.26. The third-order valence-corrected chi connectivity index (χ3v) is 11.9. The molecule has 0 aromatic heterocycles. The van der Waals surface area contributed by atoms with Gasteiger partial charge in [-0.2, -0.15) is 0 Å². The van der Waals surface area contributed by atoms with Crippen molar-refractivity contribution in [3.63, 3.8) is 0 Å². The van der Waals surface area contributed by atoms with E-state index < -0.39 is 132 Å². The molecule has 5 unspecified atom stereocenters. The predicted octanol–water partition coefficient (Wildman–Crippen LogP) is -3.92. The van der Waals surface area contributed by atoms with Crippen LogP contribution in [0.1, 0.15) is 49.7 Å². The molecule has 0 bridgehead atoms. The molecule has 0 spiro atoms. The third-order valence-electron chi connectivity index (χ3n) is 11.6. The number of carbonyl (C=O) groups excluding carboxylic acids is 5. The van der Waals surface area contributed by atoms with E-state index in [9.17, 15) is 83.1 Å². The van der Waals surface area contributed by atoms with Crippen LogP contribution in [0, 0.1) is 0 Å². The summed E-state index contributed by atoms with van der Waals surface area (Å²) in [6.07, 6.45) is -2.53. The first-order valence-corrected chi connectivity index (χ1v) is 25.8. The quantitative estimate of drug-likeness (QED) is 0.0223. The van der Waals surface area contributed by atoms with Gasteiger partial charge in [-0.25, -0.2) is 14.4 Å². The molecular formula is C50H71N11O19S. The molecule has 446 valence electrons. The minimum Gasteiger partial charge on any atom is -0.481 e. The lowest BCUT2D eigenvalue weighted by molar-refractivity contribution is -0.143. The lowest BCUT2D eigenvalue weighted by atomic mass is 10.0. The molecule has 2 aromatic rings. The van der Waals surface area contributed by atoms with Crippen LogP contribution in [0.3, 0.4) is 0 Å². The summed E-state index contributed by atoms with van der Waals surface area (Å²) in [7, 11) is 0. The van der Waals surface area contributed by atoms with Crippen molar-refractivity contribution in [1.29, 1.82) is 0 Å². The summed E-state index contributed by atoms with van der Waals surface area (Å²) < 4.78 is 0. The van der Waals surface area contributed by atoms with Gasteiger partial charge in [0.25, 0.3) is 0 Å². The number of aliphatic carboxylic acids is 7. The second-order valence-electron chi connectivity index (χ2n) is 18.2. The number of hydrogen-bond acceptors (Lipinski definition) is 17. The van der Waals surface area contributed by atoms with Gasteiger partial charge in [0.2, 0.25) is 29.5 Å². The van der Waals surface area contributed by atoms with Crippen molar-refractivity contribution in [2.24, 2.45) is 0 Å². The largest absolute Gasteiger partial charge is 0.481 e. The molecule has 0 heterocycles. The van der Waals surface area contributed by atoms with Crippen LogP contribution in [0.25, 0.3) is 0 Å². The maximum atomic E-state index is 14.1. The van der Waals surface area contributed by atoms with Crippen molar-refractivity contribution in [1.82, 2.24) is 57.7 Å². The van der Waals surface area contributed by atoms with Crippen molar-refractivity contribution in [2.45, 2.75) is 81.6 Å². The Morgan fingerprint density at radius 2 is 0.790 bits per heavy atom. The van der Waals surface area contributed by atoms with Gasteiger partial charge in [0.1, 0.15) is 30.2 Å². The SMILES string of the molecule is O=C(O)CCC(NC(=S)NC(CCC(=O)NCCNC(=O)CCC(NC(=O)C(Cc1ccccc1)NC(=O)C(Cc1ccccc1)NC(=O)CNCCN(CCN(CCNCC(=O)O)CC(=O)O)CC(=O)O)C(=O)O)C(=O)O)C(=O)O. The van der Waals surface area contributed by atoms with Crippen molar-refractivity contribution in [2.75, 3.05) is 78.5 Å². The standard InChI is InChI=1S/C50H71N11O19S/c62-38(53-17-18-54-39(63)15-12-34(48(77)78)58-50(81)59-35(49(79)80)13-16-41(65)66)14-11-33(47(75)76)56-46(74)37(26-32-9-5-2-6-10-32)57-45(73)36(25-31-7-3-1-4-8-31)55-40(64)27-51-19-21-60(29-43(69)70)23-24-61(30-44(71)72)22-20-52-28-42(67)68/h1-10,33-37,51-52H,11-30H2,(H,53,62)(H,54,63)(H,55,64)(H,56,74)(H,57,73)(H,65,66)(H,67,68)(H,69,70)(H,71,72)(H,75,76)(H,77,78)(H,79,80)(H2,58,59,81). The Morgan fingerprint density at radius 3 is 1.19 bits per heavy atom. The molecule has 0 aliphatic carbocycles. The maximum Gasteiger partial charge on any atom is 0.326 e. The summed E-state index contributed by atoms with van der Waals surface area (Å²) in [6.45, 7) is -1.01. The fourth-order valence-electron chi connectivity index (χ4n) is 7.51. The molecule has 30 nitrogen and oxygen atoms in total. The highest BCUT2D eigenvalue weighted by Gasteiger charge is 2.31. The molecule has 81 heavy (non-hydrogen) atoms. The molecule has 0 aliphatic heterocycles. The van der Waals surface area contributed by atoms with E-state index in [1.54, 1.807) is 60.7 Å². The fourth-order valence-corrected chi connectivity index (χ4v) is 7.80. The van der Waals surface area contributed by atoms with Crippen LogP contribution in [0.15, 0.2) is 60.7 Å². The topological polar surface area (TPSA) is 461 Å². The van der Waals surface area contributed by atoms with E-state index in [1.165, 1.54) is 9.80 Å². The van der Waals surface area contributed by atoms with Gasteiger partial charge in [0.15, 0.2) is 5.11 Å². The van der Waals surface area contributed by atoms with Crippen molar-refractivity contribution < 1.29 is 93.3 Å². The van der Waals surface area contributed by atoms with Gasteiger partial charge in [-0.1, -0.05) is 60.7 Å². The Labute approximate surface area is 470 Å². The molecule has 16 N–H and O–H groups in total. The monoisotopic (exact) mass is 1160 g/mol. The molecule has 2 rings (SSSR count). The predicted molar refractivity (Wildman–Crippen MR) is 288 cm³/mol. The number of rotatable bonds is 43. The highest BCUT2D eigenvalue weighted by Crippen LogP contribution is 2.09. The summed E-state index contributed by atoms with van der Waals surface area (Å²) in [6, 6.07) is 9.81. The highest BCUT2D eigenvalue weighted by atomic mass is 32.1. The maximum absolute atomic E-state index is 14.1. The van der Waals surface area contributed by atoms with Crippen molar-refractivity contribution in [3.8, 4) is 0 Å². The molecule has 0 saturated carbocycles. The summed E-state index contributed by atoms with van der Waals surface area (Å²) in [4.78, 5) is 150. The van der Waals surface area contributed by atoms with E-state index in [4.69, 9.17) is 22.4 Å². The summed E-state index contributed by atoms with van der Waals surface area (Å²) >= 11 is 4.98. The molecular weight excluding hydrogens is 1090 g/mol. The number of amides is 5. The van der Waals surface area contributed by atoms with Gasteiger partial charge in [0, 0.05) is 84.5 Å². The molecule has 0 saturated heterocycles. The Morgan fingerprint density at radius 1 is 0.407 bits per heavy atom. The minimum atomic E-state index is -1.63. The van der Waals surface area contributed by atoms with Gasteiger partial charge >= 0.3 is 41.8 Å². The number of carboxylic acids is 7. The number of hydrogen-bond donors (Lipinski definition) is 16. The number of nitrogens with one attached hydrogen (secondary N) is 9. The first kappa shape index (κ1) is 68.7. The number of carbonyl (C=O) groups is 12. The number of benzene rings is 2. The van der Waals surface area contributed by atoms with Gasteiger partial charge in [0.05, 0.1) is 26.2 Å². The van der Waals surface area contributed by atoms with Crippen LogP contribution in [0.2, 0.25) is 0 Å². The Bertz CT molecular complexity index is 2440. The zero-order chi connectivity index (χ0) is 60.3. The highest BCUT2D eigenvalue weighted by molar-refractivity contribution is 7.80.